The maximum atomic E-state index is 9.90. The molecule has 16 heavy (non-hydrogen) atoms. The molecular weight excluding hydrogens is 220 g/mol. The van der Waals surface area contributed by atoms with E-state index >= 15 is 0 Å². The lowest BCUT2D eigenvalue weighted by atomic mass is 10.0. The molecule has 1 aliphatic heterocycles. The molecule has 2 aliphatic rings. The van der Waals surface area contributed by atoms with Crippen LogP contribution in [0, 0.1) is 0 Å². The van der Waals surface area contributed by atoms with Crippen molar-refractivity contribution in [3.63, 3.8) is 0 Å². The van der Waals surface area contributed by atoms with Crippen molar-refractivity contribution >= 4 is 16.5 Å². The Bertz CT molecular complexity index is 371. The predicted molar refractivity (Wildman–Crippen MR) is 66.1 cm³/mol. The molecule has 1 atom stereocenters. The number of aromatic nitrogens is 1. The zero-order valence-electron chi connectivity index (χ0n) is 9.48. The van der Waals surface area contributed by atoms with Crippen molar-refractivity contribution in [1.82, 2.24) is 4.98 Å². The fourth-order valence-corrected chi connectivity index (χ4v) is 3.81. The van der Waals surface area contributed by atoms with Crippen LogP contribution in [0.15, 0.2) is 0 Å². The molecule has 4 heteroatoms. The molecule has 88 valence electrons. The second-order valence-electron chi connectivity index (χ2n) is 4.76. The summed E-state index contributed by atoms with van der Waals surface area (Å²) in [4.78, 5) is 8.36. The third kappa shape index (κ3) is 1.84. The summed E-state index contributed by atoms with van der Waals surface area (Å²) in [5, 5.41) is 11.0. The number of anilines is 1. The standard InChI is InChI=1S/C12H18N2OS/c15-9-5-4-6-10-11(9)13-12(16-10)14-7-2-1-3-8-14/h9,15H,1-8H2. The van der Waals surface area contributed by atoms with Gasteiger partial charge in [-0.3, -0.25) is 0 Å². The number of aliphatic hydroxyl groups excluding tert-OH is 1. The molecule has 0 bridgehead atoms. The molecule has 1 aromatic heterocycles. The van der Waals surface area contributed by atoms with Crippen LogP contribution in [0.4, 0.5) is 5.13 Å². The molecule has 0 spiro atoms. The highest BCUT2D eigenvalue weighted by Gasteiger charge is 2.25. The SMILES string of the molecule is OC1CCCc2sc(N3CCCCC3)nc21. The summed E-state index contributed by atoms with van der Waals surface area (Å²) in [6.45, 7) is 2.28. The van der Waals surface area contributed by atoms with Crippen LogP contribution in [0.3, 0.4) is 0 Å². The van der Waals surface area contributed by atoms with E-state index in [1.54, 1.807) is 11.3 Å². The second kappa shape index (κ2) is 4.34. The number of fused-ring (bicyclic) bond motifs is 1. The monoisotopic (exact) mass is 238 g/mol. The van der Waals surface area contributed by atoms with Crippen molar-refractivity contribution in [3.8, 4) is 0 Å². The van der Waals surface area contributed by atoms with E-state index in [1.165, 1.54) is 24.1 Å². The maximum Gasteiger partial charge on any atom is 0.185 e. The topological polar surface area (TPSA) is 36.4 Å². The third-order valence-electron chi connectivity index (χ3n) is 3.54. The first-order chi connectivity index (χ1) is 7.84. The van der Waals surface area contributed by atoms with E-state index in [4.69, 9.17) is 0 Å². The number of hydrogen-bond acceptors (Lipinski definition) is 4. The number of aryl methyl sites for hydroxylation is 1. The highest BCUT2D eigenvalue weighted by atomic mass is 32.1. The average Bonchev–Trinajstić information content (AvgIpc) is 2.76. The Hall–Kier alpha value is -0.610. The van der Waals surface area contributed by atoms with Crippen LogP contribution < -0.4 is 4.90 Å². The summed E-state index contributed by atoms with van der Waals surface area (Å²) in [7, 11) is 0. The lowest BCUT2D eigenvalue weighted by molar-refractivity contribution is 0.153. The summed E-state index contributed by atoms with van der Waals surface area (Å²) < 4.78 is 0. The Morgan fingerprint density at radius 1 is 1.19 bits per heavy atom. The summed E-state index contributed by atoms with van der Waals surface area (Å²) in [6, 6.07) is 0. The number of rotatable bonds is 1. The molecule has 3 rings (SSSR count). The fourth-order valence-electron chi connectivity index (χ4n) is 2.60. The highest BCUT2D eigenvalue weighted by Crippen LogP contribution is 2.37. The van der Waals surface area contributed by atoms with Crippen molar-refractivity contribution in [3.05, 3.63) is 10.6 Å². The van der Waals surface area contributed by atoms with Crippen molar-refractivity contribution in [2.24, 2.45) is 0 Å². The minimum Gasteiger partial charge on any atom is -0.387 e. The van der Waals surface area contributed by atoms with Gasteiger partial charge < -0.3 is 10.0 Å². The molecule has 1 aromatic rings. The normalized spacial score (nSPS) is 25.6. The molecule has 2 heterocycles. The van der Waals surface area contributed by atoms with Gasteiger partial charge in [0.05, 0.1) is 11.8 Å². The molecule has 3 nitrogen and oxygen atoms in total. The smallest absolute Gasteiger partial charge is 0.185 e. The van der Waals surface area contributed by atoms with Crippen molar-refractivity contribution in [1.29, 1.82) is 0 Å². The molecule has 1 fully saturated rings. The molecule has 1 unspecified atom stereocenters. The van der Waals surface area contributed by atoms with E-state index in [0.29, 0.717) is 0 Å². The van der Waals surface area contributed by atoms with Gasteiger partial charge >= 0.3 is 0 Å². The Morgan fingerprint density at radius 2 is 2.00 bits per heavy atom. The Balaban J connectivity index is 1.85. The van der Waals surface area contributed by atoms with E-state index in [-0.39, 0.29) is 6.10 Å². The Kier molecular flexibility index (Phi) is 2.86. The molecule has 0 saturated carbocycles. The van der Waals surface area contributed by atoms with Gasteiger partial charge in [-0.2, -0.15) is 0 Å². The highest BCUT2D eigenvalue weighted by molar-refractivity contribution is 7.15. The molecule has 1 aliphatic carbocycles. The van der Waals surface area contributed by atoms with Gasteiger partial charge in [0, 0.05) is 18.0 Å². The fraction of sp³-hybridized carbons (Fsp3) is 0.750. The largest absolute Gasteiger partial charge is 0.387 e. The van der Waals surface area contributed by atoms with Crippen molar-refractivity contribution in [2.45, 2.75) is 44.6 Å². The average molecular weight is 238 g/mol. The van der Waals surface area contributed by atoms with Gasteiger partial charge in [-0.1, -0.05) is 0 Å². The zero-order valence-corrected chi connectivity index (χ0v) is 10.3. The van der Waals surface area contributed by atoms with Gasteiger partial charge in [0.15, 0.2) is 5.13 Å². The number of piperidine rings is 1. The number of nitrogens with zero attached hydrogens (tertiary/aromatic N) is 2. The lowest BCUT2D eigenvalue weighted by Gasteiger charge is -2.25. The van der Waals surface area contributed by atoms with Gasteiger partial charge in [-0.05, 0) is 38.5 Å². The van der Waals surface area contributed by atoms with Crippen LogP contribution in [0.25, 0.3) is 0 Å². The van der Waals surface area contributed by atoms with Gasteiger partial charge in [-0.25, -0.2) is 4.98 Å². The molecule has 1 saturated heterocycles. The predicted octanol–water partition coefficient (Wildman–Crippen LogP) is 2.50. The summed E-state index contributed by atoms with van der Waals surface area (Å²) in [5.74, 6) is 0. The first kappa shape index (κ1) is 10.5. The minimum atomic E-state index is -0.307. The number of hydrogen-bond donors (Lipinski definition) is 1. The lowest BCUT2D eigenvalue weighted by Crippen LogP contribution is -2.29. The quantitative estimate of drug-likeness (QED) is 0.816. The molecular formula is C12H18N2OS. The summed E-state index contributed by atoms with van der Waals surface area (Å²) >= 11 is 1.80. The molecule has 0 amide bonds. The van der Waals surface area contributed by atoms with Gasteiger partial charge in [0.1, 0.15) is 0 Å². The summed E-state index contributed by atoms with van der Waals surface area (Å²) in [5.41, 5.74) is 0.969. The van der Waals surface area contributed by atoms with Gasteiger partial charge in [0.2, 0.25) is 0 Å². The van der Waals surface area contributed by atoms with Crippen LogP contribution in [-0.4, -0.2) is 23.2 Å². The molecule has 0 radical (unpaired) electrons. The Morgan fingerprint density at radius 3 is 2.75 bits per heavy atom. The van der Waals surface area contributed by atoms with Crippen LogP contribution in [0.2, 0.25) is 0 Å². The van der Waals surface area contributed by atoms with E-state index in [2.05, 4.69) is 9.88 Å². The van der Waals surface area contributed by atoms with Crippen LogP contribution >= 0.6 is 11.3 Å². The van der Waals surface area contributed by atoms with Crippen molar-refractivity contribution < 1.29 is 5.11 Å². The minimum absolute atomic E-state index is 0.307. The van der Waals surface area contributed by atoms with Gasteiger partial charge in [-0.15, -0.1) is 11.3 Å². The molecule has 0 aromatic carbocycles. The van der Waals surface area contributed by atoms with E-state index < -0.39 is 0 Å². The Labute approximate surface area is 100 Å². The maximum absolute atomic E-state index is 9.90. The third-order valence-corrected chi connectivity index (χ3v) is 4.73. The molecule has 1 N–H and O–H groups in total. The van der Waals surface area contributed by atoms with Crippen LogP contribution in [-0.2, 0) is 6.42 Å². The first-order valence-corrected chi connectivity index (χ1v) is 7.09. The van der Waals surface area contributed by atoms with Crippen LogP contribution in [0.1, 0.15) is 48.8 Å². The zero-order chi connectivity index (χ0) is 11.0. The van der Waals surface area contributed by atoms with Gasteiger partial charge in [0.25, 0.3) is 0 Å². The van der Waals surface area contributed by atoms with Crippen LogP contribution in [0.5, 0.6) is 0 Å². The summed E-state index contributed by atoms with van der Waals surface area (Å²) in [6.07, 6.45) is 6.71. The number of thiazole rings is 1. The van der Waals surface area contributed by atoms with E-state index in [1.807, 2.05) is 0 Å². The number of aliphatic hydroxyl groups is 1. The second-order valence-corrected chi connectivity index (χ2v) is 5.82. The van der Waals surface area contributed by atoms with E-state index in [9.17, 15) is 5.11 Å². The van der Waals surface area contributed by atoms with E-state index in [0.717, 1.165) is 43.2 Å². The van der Waals surface area contributed by atoms with Crippen molar-refractivity contribution in [2.75, 3.05) is 18.0 Å². The first-order valence-electron chi connectivity index (χ1n) is 6.27.